The molecule has 20 heavy (non-hydrogen) atoms. The molecule has 1 fully saturated rings. The first-order chi connectivity index (χ1) is 9.58. The van der Waals surface area contributed by atoms with Gasteiger partial charge in [-0.05, 0) is 44.0 Å². The number of ether oxygens (including phenoxy) is 1. The summed E-state index contributed by atoms with van der Waals surface area (Å²) in [6.45, 7) is 8.05. The van der Waals surface area contributed by atoms with E-state index in [0.29, 0.717) is 0 Å². The molecule has 1 unspecified atom stereocenters. The maximum atomic E-state index is 6.39. The zero-order valence-corrected chi connectivity index (χ0v) is 13.5. The Morgan fingerprint density at radius 2 is 2.25 bits per heavy atom. The van der Waals surface area contributed by atoms with Gasteiger partial charge < -0.3 is 15.0 Å². The van der Waals surface area contributed by atoms with E-state index in [9.17, 15) is 0 Å². The van der Waals surface area contributed by atoms with Gasteiger partial charge in [0.1, 0.15) is 0 Å². The molecule has 1 heterocycles. The van der Waals surface area contributed by atoms with E-state index in [1.807, 2.05) is 0 Å². The zero-order valence-electron chi connectivity index (χ0n) is 12.7. The van der Waals surface area contributed by atoms with Gasteiger partial charge >= 0.3 is 0 Å². The van der Waals surface area contributed by atoms with Gasteiger partial charge in [0.15, 0.2) is 0 Å². The van der Waals surface area contributed by atoms with Gasteiger partial charge in [0.25, 0.3) is 0 Å². The maximum absolute atomic E-state index is 6.39. The van der Waals surface area contributed by atoms with Gasteiger partial charge in [0, 0.05) is 37.5 Å². The summed E-state index contributed by atoms with van der Waals surface area (Å²) >= 11 is 6.39. The lowest BCUT2D eigenvalue weighted by Gasteiger charge is -2.40. The SMILES string of the molecule is CCNCc1ccc(N2CCCC(C)(OC)C2)cc1Cl. The van der Waals surface area contributed by atoms with E-state index in [-0.39, 0.29) is 5.60 Å². The molecule has 1 aromatic carbocycles. The van der Waals surface area contributed by atoms with Gasteiger partial charge in [-0.1, -0.05) is 24.6 Å². The second-order valence-corrected chi connectivity index (χ2v) is 6.14. The molecule has 1 N–H and O–H groups in total. The molecule has 1 atom stereocenters. The molecule has 1 aromatic rings. The van der Waals surface area contributed by atoms with Gasteiger partial charge in [0.05, 0.1) is 5.60 Å². The van der Waals surface area contributed by atoms with Crippen LogP contribution in [0, 0.1) is 0 Å². The summed E-state index contributed by atoms with van der Waals surface area (Å²) in [5.41, 5.74) is 2.30. The molecule has 0 saturated carbocycles. The third kappa shape index (κ3) is 3.66. The van der Waals surface area contributed by atoms with E-state index in [0.717, 1.165) is 49.6 Å². The summed E-state index contributed by atoms with van der Waals surface area (Å²) < 4.78 is 5.65. The van der Waals surface area contributed by atoms with Crippen molar-refractivity contribution < 1.29 is 4.74 Å². The Kier molecular flexibility index (Phi) is 5.30. The van der Waals surface area contributed by atoms with Crippen LogP contribution in [0.3, 0.4) is 0 Å². The molecule has 1 aliphatic rings. The first-order valence-corrected chi connectivity index (χ1v) is 7.75. The second-order valence-electron chi connectivity index (χ2n) is 5.74. The monoisotopic (exact) mass is 296 g/mol. The van der Waals surface area contributed by atoms with Crippen LogP contribution in [0.5, 0.6) is 0 Å². The lowest BCUT2D eigenvalue weighted by molar-refractivity contribution is -0.00465. The first-order valence-electron chi connectivity index (χ1n) is 7.37. The third-order valence-electron chi connectivity index (χ3n) is 4.12. The fraction of sp³-hybridized carbons (Fsp3) is 0.625. The molecule has 112 valence electrons. The van der Waals surface area contributed by atoms with E-state index in [2.05, 4.69) is 42.3 Å². The van der Waals surface area contributed by atoms with Crippen LogP contribution in [-0.4, -0.2) is 32.3 Å². The Hall–Kier alpha value is -0.770. The fourth-order valence-corrected chi connectivity index (χ4v) is 2.97. The molecule has 3 nitrogen and oxygen atoms in total. The molecule has 4 heteroatoms. The first kappa shape index (κ1) is 15.6. The number of hydrogen-bond acceptors (Lipinski definition) is 3. The van der Waals surface area contributed by atoms with Crippen molar-refractivity contribution in [2.24, 2.45) is 0 Å². The third-order valence-corrected chi connectivity index (χ3v) is 4.47. The number of piperidine rings is 1. The molecule has 2 rings (SSSR count). The van der Waals surface area contributed by atoms with Crippen molar-refractivity contribution in [2.75, 3.05) is 31.6 Å². The number of nitrogens with one attached hydrogen (secondary N) is 1. The minimum atomic E-state index is -0.0484. The molecule has 0 aliphatic carbocycles. The van der Waals surface area contributed by atoms with Crippen LogP contribution in [0.15, 0.2) is 18.2 Å². The van der Waals surface area contributed by atoms with Crippen LogP contribution < -0.4 is 10.2 Å². The maximum Gasteiger partial charge on any atom is 0.0825 e. The highest BCUT2D eigenvalue weighted by atomic mass is 35.5. The Morgan fingerprint density at radius 3 is 2.90 bits per heavy atom. The molecular formula is C16H25ClN2O. The predicted molar refractivity (Wildman–Crippen MR) is 85.7 cm³/mol. The van der Waals surface area contributed by atoms with Crippen LogP contribution >= 0.6 is 11.6 Å². The van der Waals surface area contributed by atoms with Crippen molar-refractivity contribution in [1.29, 1.82) is 0 Å². The van der Waals surface area contributed by atoms with E-state index >= 15 is 0 Å². The number of hydrogen-bond donors (Lipinski definition) is 1. The average Bonchev–Trinajstić information content (AvgIpc) is 2.46. The van der Waals surface area contributed by atoms with Crippen molar-refractivity contribution in [3.05, 3.63) is 28.8 Å². The minimum Gasteiger partial charge on any atom is -0.377 e. The summed E-state index contributed by atoms with van der Waals surface area (Å²) in [6, 6.07) is 6.37. The van der Waals surface area contributed by atoms with Crippen LogP contribution in [0.4, 0.5) is 5.69 Å². The highest BCUT2D eigenvalue weighted by molar-refractivity contribution is 6.31. The minimum absolute atomic E-state index is 0.0484. The van der Waals surface area contributed by atoms with Crippen LogP contribution in [0.1, 0.15) is 32.3 Å². The van der Waals surface area contributed by atoms with Crippen molar-refractivity contribution in [3.63, 3.8) is 0 Å². The standard InChI is InChI=1S/C16H25ClN2O/c1-4-18-11-13-6-7-14(10-15(13)17)19-9-5-8-16(2,12-19)20-3/h6-7,10,18H,4-5,8-9,11-12H2,1-3H3. The van der Waals surface area contributed by atoms with E-state index in [1.165, 1.54) is 5.69 Å². The van der Waals surface area contributed by atoms with Crippen LogP contribution in [0.2, 0.25) is 5.02 Å². The average molecular weight is 297 g/mol. The number of nitrogens with zero attached hydrogens (tertiary/aromatic N) is 1. The highest BCUT2D eigenvalue weighted by Crippen LogP contribution is 2.30. The number of benzene rings is 1. The molecule has 0 amide bonds. The largest absolute Gasteiger partial charge is 0.377 e. The number of rotatable bonds is 5. The van der Waals surface area contributed by atoms with Crippen molar-refractivity contribution in [3.8, 4) is 0 Å². The Balaban J connectivity index is 2.11. The molecule has 1 saturated heterocycles. The quantitative estimate of drug-likeness (QED) is 0.900. The van der Waals surface area contributed by atoms with E-state index < -0.39 is 0 Å². The van der Waals surface area contributed by atoms with Crippen LogP contribution in [-0.2, 0) is 11.3 Å². The molecule has 0 bridgehead atoms. The zero-order chi connectivity index (χ0) is 14.6. The lowest BCUT2D eigenvalue weighted by atomic mass is 9.94. The van der Waals surface area contributed by atoms with Gasteiger partial charge in [-0.25, -0.2) is 0 Å². The Bertz CT molecular complexity index is 452. The van der Waals surface area contributed by atoms with Crippen molar-refractivity contribution >= 4 is 17.3 Å². The molecular weight excluding hydrogens is 272 g/mol. The predicted octanol–water partition coefficient (Wildman–Crippen LogP) is 3.45. The molecule has 0 radical (unpaired) electrons. The normalized spacial score (nSPS) is 23.1. The topological polar surface area (TPSA) is 24.5 Å². The summed E-state index contributed by atoms with van der Waals surface area (Å²) in [7, 11) is 1.80. The highest BCUT2D eigenvalue weighted by Gasteiger charge is 2.30. The smallest absolute Gasteiger partial charge is 0.0825 e. The molecule has 1 aliphatic heterocycles. The van der Waals surface area contributed by atoms with E-state index in [1.54, 1.807) is 7.11 Å². The second kappa shape index (κ2) is 6.79. The van der Waals surface area contributed by atoms with Gasteiger partial charge in [-0.15, -0.1) is 0 Å². The van der Waals surface area contributed by atoms with Crippen molar-refractivity contribution in [2.45, 2.75) is 38.8 Å². The van der Waals surface area contributed by atoms with E-state index in [4.69, 9.17) is 16.3 Å². The molecule has 0 spiro atoms. The van der Waals surface area contributed by atoms with Gasteiger partial charge in [0.2, 0.25) is 0 Å². The number of halogens is 1. The summed E-state index contributed by atoms with van der Waals surface area (Å²) in [5.74, 6) is 0. The fourth-order valence-electron chi connectivity index (χ4n) is 2.73. The van der Waals surface area contributed by atoms with Gasteiger partial charge in [-0.3, -0.25) is 0 Å². The lowest BCUT2D eigenvalue weighted by Crippen LogP contribution is -2.47. The van der Waals surface area contributed by atoms with Crippen molar-refractivity contribution in [1.82, 2.24) is 5.32 Å². The Labute approximate surface area is 127 Å². The summed E-state index contributed by atoms with van der Waals surface area (Å²) in [6.07, 6.45) is 2.27. The summed E-state index contributed by atoms with van der Waals surface area (Å²) in [5, 5.41) is 4.15. The number of anilines is 1. The summed E-state index contributed by atoms with van der Waals surface area (Å²) in [4.78, 5) is 2.37. The molecule has 0 aromatic heterocycles. The number of methoxy groups -OCH3 is 1. The van der Waals surface area contributed by atoms with Crippen LogP contribution in [0.25, 0.3) is 0 Å². The Morgan fingerprint density at radius 1 is 1.45 bits per heavy atom. The van der Waals surface area contributed by atoms with Gasteiger partial charge in [-0.2, -0.15) is 0 Å².